The minimum absolute atomic E-state index is 0.407. The Bertz CT molecular complexity index is 863. The molecule has 1 aliphatic carbocycles. The lowest BCUT2D eigenvalue weighted by Crippen LogP contribution is -2.27. The molecule has 8 heteroatoms. The summed E-state index contributed by atoms with van der Waals surface area (Å²) in [5, 5.41) is 2.34. The predicted molar refractivity (Wildman–Crippen MR) is 99.3 cm³/mol. The van der Waals surface area contributed by atoms with Gasteiger partial charge in [0.05, 0.1) is 6.26 Å². The van der Waals surface area contributed by atoms with E-state index < -0.39 is 10.0 Å². The van der Waals surface area contributed by atoms with E-state index in [1.165, 1.54) is 41.3 Å². The standard InChI is InChI=1S/C16H21N3O2S3/c1-24(20,21)19-7-6-11(8-19)9-22-15-14-12-4-2-3-5-13(12)23-16(14)18-10-17-15/h10-11H,2-9H2,1H3/t11-/m1/s1. The molecule has 1 saturated heterocycles. The average Bonchev–Trinajstić information content (AvgIpc) is 3.17. The van der Waals surface area contributed by atoms with Gasteiger partial charge in [-0.1, -0.05) is 0 Å². The Kier molecular flexibility index (Phi) is 4.57. The molecule has 1 fully saturated rings. The molecule has 0 radical (unpaired) electrons. The Hall–Kier alpha value is -0.700. The maximum absolute atomic E-state index is 11.7. The molecule has 0 saturated carbocycles. The highest BCUT2D eigenvalue weighted by molar-refractivity contribution is 7.99. The third-order valence-electron chi connectivity index (χ3n) is 4.89. The number of hydrogen-bond acceptors (Lipinski definition) is 6. The molecular formula is C16H21N3O2S3. The van der Waals surface area contributed by atoms with Crippen LogP contribution < -0.4 is 0 Å². The van der Waals surface area contributed by atoms with Crippen molar-refractivity contribution in [2.45, 2.75) is 37.1 Å². The van der Waals surface area contributed by atoms with Crippen LogP contribution >= 0.6 is 23.1 Å². The summed E-state index contributed by atoms with van der Waals surface area (Å²) in [5.74, 6) is 1.33. The zero-order valence-corrected chi connectivity index (χ0v) is 16.1. The summed E-state index contributed by atoms with van der Waals surface area (Å²) in [6.45, 7) is 1.29. The van der Waals surface area contributed by atoms with Crippen molar-refractivity contribution < 1.29 is 8.42 Å². The van der Waals surface area contributed by atoms with E-state index in [0.29, 0.717) is 19.0 Å². The summed E-state index contributed by atoms with van der Waals surface area (Å²) < 4.78 is 24.9. The molecule has 0 N–H and O–H groups in total. The van der Waals surface area contributed by atoms with Gasteiger partial charge in [0.1, 0.15) is 16.2 Å². The number of rotatable bonds is 4. The lowest BCUT2D eigenvalue weighted by atomic mass is 9.97. The first-order valence-corrected chi connectivity index (χ1v) is 12.0. The van der Waals surface area contributed by atoms with Crippen LogP contribution in [0.5, 0.6) is 0 Å². The van der Waals surface area contributed by atoms with Crippen LogP contribution in [0.4, 0.5) is 0 Å². The Balaban J connectivity index is 1.52. The highest BCUT2D eigenvalue weighted by atomic mass is 32.2. The van der Waals surface area contributed by atoms with Crippen LogP contribution in [0.15, 0.2) is 11.4 Å². The van der Waals surface area contributed by atoms with Crippen molar-refractivity contribution in [3.05, 3.63) is 16.8 Å². The van der Waals surface area contributed by atoms with Crippen molar-refractivity contribution >= 4 is 43.3 Å². The number of aromatic nitrogens is 2. The molecule has 3 heterocycles. The lowest BCUT2D eigenvalue weighted by molar-refractivity contribution is 0.471. The molecule has 24 heavy (non-hydrogen) atoms. The zero-order chi connectivity index (χ0) is 16.7. The van der Waals surface area contributed by atoms with Crippen molar-refractivity contribution in [1.29, 1.82) is 0 Å². The van der Waals surface area contributed by atoms with Crippen LogP contribution in [-0.4, -0.2) is 47.8 Å². The lowest BCUT2D eigenvalue weighted by Gasteiger charge is -2.14. The molecule has 5 nitrogen and oxygen atoms in total. The van der Waals surface area contributed by atoms with Crippen LogP contribution in [0.1, 0.15) is 29.7 Å². The van der Waals surface area contributed by atoms with Gasteiger partial charge < -0.3 is 0 Å². The second kappa shape index (κ2) is 6.55. The van der Waals surface area contributed by atoms with Gasteiger partial charge in [0.25, 0.3) is 0 Å². The van der Waals surface area contributed by atoms with Gasteiger partial charge in [-0.3, -0.25) is 0 Å². The molecule has 2 aromatic rings. The number of thiophene rings is 1. The predicted octanol–water partition coefficient (Wildman–Crippen LogP) is 2.94. The Morgan fingerprint density at radius 3 is 2.96 bits per heavy atom. The summed E-state index contributed by atoms with van der Waals surface area (Å²) in [4.78, 5) is 11.6. The molecule has 2 aliphatic rings. The number of nitrogens with zero attached hydrogens (tertiary/aromatic N) is 3. The summed E-state index contributed by atoms with van der Waals surface area (Å²) in [6.07, 6.45) is 8.76. The molecule has 1 atom stereocenters. The van der Waals surface area contributed by atoms with Crippen LogP contribution in [-0.2, 0) is 22.9 Å². The fourth-order valence-corrected chi connectivity index (χ4v) is 6.97. The van der Waals surface area contributed by atoms with Gasteiger partial charge in [-0.25, -0.2) is 22.7 Å². The Morgan fingerprint density at radius 1 is 1.33 bits per heavy atom. The number of sulfonamides is 1. The quantitative estimate of drug-likeness (QED) is 0.600. The average molecular weight is 384 g/mol. The van der Waals surface area contributed by atoms with Crippen molar-refractivity contribution in [1.82, 2.24) is 14.3 Å². The van der Waals surface area contributed by atoms with Crippen molar-refractivity contribution in [3.8, 4) is 0 Å². The molecule has 1 aliphatic heterocycles. The summed E-state index contributed by atoms with van der Waals surface area (Å²) in [5.41, 5.74) is 1.47. The largest absolute Gasteiger partial charge is 0.229 e. The van der Waals surface area contributed by atoms with Gasteiger partial charge in [-0.05, 0) is 43.6 Å². The van der Waals surface area contributed by atoms with Gasteiger partial charge in [-0.2, -0.15) is 0 Å². The smallest absolute Gasteiger partial charge is 0.211 e. The first-order chi connectivity index (χ1) is 11.5. The van der Waals surface area contributed by atoms with Crippen molar-refractivity contribution in [3.63, 3.8) is 0 Å². The third kappa shape index (κ3) is 3.21. The summed E-state index contributed by atoms with van der Waals surface area (Å²) in [6, 6.07) is 0. The highest BCUT2D eigenvalue weighted by Gasteiger charge is 2.29. The van der Waals surface area contributed by atoms with Gasteiger partial charge in [0.15, 0.2) is 0 Å². The monoisotopic (exact) mass is 383 g/mol. The van der Waals surface area contributed by atoms with E-state index in [2.05, 4.69) is 9.97 Å². The van der Waals surface area contributed by atoms with E-state index in [4.69, 9.17) is 0 Å². The van der Waals surface area contributed by atoms with Crippen LogP contribution in [0, 0.1) is 5.92 Å². The van der Waals surface area contributed by atoms with Gasteiger partial charge in [0, 0.05) is 29.1 Å². The fraction of sp³-hybridized carbons (Fsp3) is 0.625. The van der Waals surface area contributed by atoms with Crippen LogP contribution in [0.2, 0.25) is 0 Å². The van der Waals surface area contributed by atoms with Crippen molar-refractivity contribution in [2.24, 2.45) is 5.92 Å². The third-order valence-corrected chi connectivity index (χ3v) is 8.58. The second-order valence-corrected chi connectivity index (χ2v) is 10.7. The van der Waals surface area contributed by atoms with Crippen LogP contribution in [0.3, 0.4) is 0 Å². The second-order valence-electron chi connectivity index (χ2n) is 6.66. The normalized spacial score (nSPS) is 22.1. The summed E-state index contributed by atoms with van der Waals surface area (Å²) >= 11 is 3.60. The number of hydrogen-bond donors (Lipinski definition) is 0. The topological polar surface area (TPSA) is 63.2 Å². The number of thioether (sulfide) groups is 1. The van der Waals surface area contributed by atoms with E-state index in [1.807, 2.05) is 11.3 Å². The van der Waals surface area contributed by atoms with E-state index in [1.54, 1.807) is 22.4 Å². The van der Waals surface area contributed by atoms with E-state index in [-0.39, 0.29) is 0 Å². The first-order valence-electron chi connectivity index (χ1n) is 8.35. The van der Waals surface area contributed by atoms with Gasteiger partial charge >= 0.3 is 0 Å². The maximum atomic E-state index is 11.7. The van der Waals surface area contributed by atoms with Crippen LogP contribution in [0.25, 0.3) is 10.2 Å². The van der Waals surface area contributed by atoms with E-state index in [9.17, 15) is 8.42 Å². The fourth-order valence-electron chi connectivity index (χ4n) is 3.60. The Labute approximate surface area is 150 Å². The van der Waals surface area contributed by atoms with Gasteiger partial charge in [0.2, 0.25) is 10.0 Å². The molecule has 0 bridgehead atoms. The van der Waals surface area contributed by atoms with E-state index in [0.717, 1.165) is 28.5 Å². The maximum Gasteiger partial charge on any atom is 0.211 e. The molecule has 130 valence electrons. The summed E-state index contributed by atoms with van der Waals surface area (Å²) in [7, 11) is -3.06. The van der Waals surface area contributed by atoms with Gasteiger partial charge in [-0.15, -0.1) is 23.1 Å². The minimum Gasteiger partial charge on any atom is -0.229 e. The number of aryl methyl sites for hydroxylation is 2. The first kappa shape index (κ1) is 16.8. The molecular weight excluding hydrogens is 362 g/mol. The molecule has 0 spiro atoms. The SMILES string of the molecule is CS(=O)(=O)N1CC[C@@H](CSc2ncnc3sc4c(c23)CCCC4)C1. The van der Waals surface area contributed by atoms with E-state index >= 15 is 0 Å². The molecule has 0 aromatic carbocycles. The highest BCUT2D eigenvalue weighted by Crippen LogP contribution is 2.40. The zero-order valence-electron chi connectivity index (χ0n) is 13.7. The molecule has 2 aromatic heterocycles. The van der Waals surface area contributed by atoms with Crippen molar-refractivity contribution in [2.75, 3.05) is 25.1 Å². The minimum atomic E-state index is -3.06. The molecule has 0 unspecified atom stereocenters. The molecule has 0 amide bonds. The molecule has 4 rings (SSSR count). The Morgan fingerprint density at radius 2 is 2.17 bits per heavy atom. The number of fused-ring (bicyclic) bond motifs is 3.